The zero-order valence-electron chi connectivity index (χ0n) is 9.81. The summed E-state index contributed by atoms with van der Waals surface area (Å²) in [6.45, 7) is 4.32. The summed E-state index contributed by atoms with van der Waals surface area (Å²) in [7, 11) is 0. The molecule has 0 spiro atoms. The van der Waals surface area contributed by atoms with Gasteiger partial charge in [0.2, 0.25) is 0 Å². The standard InChI is InChI=1S/C11H19N3O2/c1-3-9-7-13-14(8-9)6-4-5-11(2,12)10(15)16/h7-8H,3-6,12H2,1-2H3,(H,15,16). The number of carboxylic acid groups (broad SMARTS) is 1. The SMILES string of the molecule is CCc1cnn(CCCC(C)(N)C(=O)O)c1. The van der Waals surface area contributed by atoms with E-state index in [1.165, 1.54) is 12.5 Å². The zero-order chi connectivity index (χ0) is 12.2. The Hall–Kier alpha value is -1.36. The minimum atomic E-state index is -1.14. The van der Waals surface area contributed by atoms with Gasteiger partial charge in [-0.3, -0.25) is 9.48 Å². The molecule has 1 unspecified atom stereocenters. The third-order valence-corrected chi connectivity index (χ3v) is 2.67. The summed E-state index contributed by atoms with van der Waals surface area (Å²) in [6, 6.07) is 0. The molecule has 3 N–H and O–H groups in total. The van der Waals surface area contributed by atoms with Gasteiger partial charge in [0.05, 0.1) is 6.20 Å². The quantitative estimate of drug-likeness (QED) is 0.757. The van der Waals surface area contributed by atoms with Crippen LogP contribution in [0.3, 0.4) is 0 Å². The summed E-state index contributed by atoms with van der Waals surface area (Å²) < 4.78 is 1.83. The highest BCUT2D eigenvalue weighted by atomic mass is 16.4. The van der Waals surface area contributed by atoms with Crippen molar-refractivity contribution in [2.75, 3.05) is 0 Å². The first-order valence-corrected chi connectivity index (χ1v) is 5.49. The lowest BCUT2D eigenvalue weighted by molar-refractivity contribution is -0.142. The smallest absolute Gasteiger partial charge is 0.323 e. The van der Waals surface area contributed by atoms with Crippen molar-refractivity contribution in [1.29, 1.82) is 0 Å². The third-order valence-electron chi connectivity index (χ3n) is 2.67. The predicted octanol–water partition coefficient (Wildman–Crippen LogP) is 1.03. The number of hydrogen-bond donors (Lipinski definition) is 2. The molecule has 1 aromatic heterocycles. The number of aromatic nitrogens is 2. The average Bonchev–Trinajstić information content (AvgIpc) is 2.65. The Morgan fingerprint density at radius 3 is 2.88 bits per heavy atom. The van der Waals surface area contributed by atoms with Crippen LogP contribution in [0.2, 0.25) is 0 Å². The molecular formula is C11H19N3O2. The Kier molecular flexibility index (Phi) is 4.06. The molecule has 16 heavy (non-hydrogen) atoms. The second-order valence-electron chi connectivity index (χ2n) is 4.29. The van der Waals surface area contributed by atoms with Crippen molar-refractivity contribution < 1.29 is 9.90 Å². The van der Waals surface area contributed by atoms with Crippen molar-refractivity contribution in [3.63, 3.8) is 0 Å². The van der Waals surface area contributed by atoms with Gasteiger partial charge in [0, 0.05) is 12.7 Å². The maximum absolute atomic E-state index is 10.8. The molecule has 90 valence electrons. The largest absolute Gasteiger partial charge is 0.480 e. The molecule has 0 amide bonds. The van der Waals surface area contributed by atoms with E-state index < -0.39 is 11.5 Å². The number of carboxylic acids is 1. The molecule has 0 fully saturated rings. The van der Waals surface area contributed by atoms with Crippen LogP contribution < -0.4 is 5.73 Å². The van der Waals surface area contributed by atoms with Gasteiger partial charge in [0.25, 0.3) is 0 Å². The van der Waals surface area contributed by atoms with Gasteiger partial charge in [-0.05, 0) is 31.7 Å². The minimum Gasteiger partial charge on any atom is -0.480 e. The van der Waals surface area contributed by atoms with Crippen molar-refractivity contribution in [2.45, 2.75) is 45.2 Å². The van der Waals surface area contributed by atoms with Crippen molar-refractivity contribution in [3.8, 4) is 0 Å². The Balaban J connectivity index is 2.38. The molecule has 1 heterocycles. The van der Waals surface area contributed by atoms with E-state index in [1.54, 1.807) is 0 Å². The van der Waals surface area contributed by atoms with E-state index in [9.17, 15) is 4.79 Å². The van der Waals surface area contributed by atoms with E-state index in [0.29, 0.717) is 19.4 Å². The molecule has 0 aliphatic rings. The van der Waals surface area contributed by atoms with E-state index in [1.807, 2.05) is 17.1 Å². The van der Waals surface area contributed by atoms with Crippen LogP contribution >= 0.6 is 0 Å². The molecule has 0 radical (unpaired) electrons. The molecule has 5 heteroatoms. The van der Waals surface area contributed by atoms with Gasteiger partial charge in [-0.2, -0.15) is 5.10 Å². The first-order chi connectivity index (χ1) is 7.45. The van der Waals surface area contributed by atoms with Gasteiger partial charge in [0.15, 0.2) is 0 Å². The molecule has 1 aromatic rings. The number of aryl methyl sites for hydroxylation is 2. The van der Waals surface area contributed by atoms with E-state index in [4.69, 9.17) is 10.8 Å². The lowest BCUT2D eigenvalue weighted by Crippen LogP contribution is -2.44. The van der Waals surface area contributed by atoms with Crippen molar-refractivity contribution in [3.05, 3.63) is 18.0 Å². The van der Waals surface area contributed by atoms with Gasteiger partial charge in [-0.1, -0.05) is 6.92 Å². The number of aliphatic carboxylic acids is 1. The Morgan fingerprint density at radius 2 is 2.38 bits per heavy atom. The number of nitrogens with zero attached hydrogens (tertiary/aromatic N) is 2. The van der Waals surface area contributed by atoms with Gasteiger partial charge < -0.3 is 10.8 Å². The lowest BCUT2D eigenvalue weighted by Gasteiger charge is -2.18. The molecule has 0 saturated carbocycles. The highest BCUT2D eigenvalue weighted by molar-refractivity contribution is 5.77. The van der Waals surface area contributed by atoms with Crippen LogP contribution in [0.25, 0.3) is 0 Å². The fraction of sp³-hybridized carbons (Fsp3) is 0.636. The summed E-state index contributed by atoms with van der Waals surface area (Å²) in [6.07, 6.45) is 5.94. The zero-order valence-corrected chi connectivity index (χ0v) is 9.81. The molecule has 0 aromatic carbocycles. The van der Waals surface area contributed by atoms with E-state index in [2.05, 4.69) is 12.0 Å². The fourth-order valence-corrected chi connectivity index (χ4v) is 1.43. The second-order valence-corrected chi connectivity index (χ2v) is 4.29. The van der Waals surface area contributed by atoms with Gasteiger partial charge >= 0.3 is 5.97 Å². The summed E-state index contributed by atoms with van der Waals surface area (Å²) in [5.41, 5.74) is 5.68. The molecule has 0 aliphatic carbocycles. The summed E-state index contributed by atoms with van der Waals surface area (Å²) in [5.74, 6) is -0.956. The molecule has 5 nitrogen and oxygen atoms in total. The summed E-state index contributed by atoms with van der Waals surface area (Å²) in [4.78, 5) is 10.8. The van der Waals surface area contributed by atoms with E-state index in [0.717, 1.165) is 6.42 Å². The van der Waals surface area contributed by atoms with Crippen LogP contribution in [-0.4, -0.2) is 26.4 Å². The molecule has 1 atom stereocenters. The molecule has 0 bridgehead atoms. The Bertz CT molecular complexity index is 358. The van der Waals surface area contributed by atoms with Crippen LogP contribution in [0.15, 0.2) is 12.4 Å². The summed E-state index contributed by atoms with van der Waals surface area (Å²) >= 11 is 0. The van der Waals surface area contributed by atoms with Crippen molar-refractivity contribution in [1.82, 2.24) is 9.78 Å². The topological polar surface area (TPSA) is 81.1 Å². The first-order valence-electron chi connectivity index (χ1n) is 5.49. The highest BCUT2D eigenvalue weighted by Gasteiger charge is 2.26. The van der Waals surface area contributed by atoms with Crippen molar-refractivity contribution in [2.24, 2.45) is 5.73 Å². The summed E-state index contributed by atoms with van der Waals surface area (Å²) in [5, 5.41) is 13.0. The van der Waals surface area contributed by atoms with Gasteiger partial charge in [-0.15, -0.1) is 0 Å². The number of carbonyl (C=O) groups is 1. The second kappa shape index (κ2) is 5.12. The Morgan fingerprint density at radius 1 is 1.69 bits per heavy atom. The van der Waals surface area contributed by atoms with Crippen molar-refractivity contribution >= 4 is 5.97 Å². The third kappa shape index (κ3) is 3.34. The first kappa shape index (κ1) is 12.7. The minimum absolute atomic E-state index is 0.448. The van der Waals surface area contributed by atoms with Crippen LogP contribution in [0.4, 0.5) is 0 Å². The van der Waals surface area contributed by atoms with Crippen LogP contribution in [0.5, 0.6) is 0 Å². The van der Waals surface area contributed by atoms with Crippen LogP contribution in [-0.2, 0) is 17.8 Å². The number of rotatable bonds is 6. The van der Waals surface area contributed by atoms with E-state index >= 15 is 0 Å². The maximum Gasteiger partial charge on any atom is 0.323 e. The lowest BCUT2D eigenvalue weighted by atomic mass is 9.98. The Labute approximate surface area is 95.3 Å². The number of hydrogen-bond acceptors (Lipinski definition) is 3. The molecule has 0 saturated heterocycles. The normalized spacial score (nSPS) is 14.7. The molecular weight excluding hydrogens is 206 g/mol. The average molecular weight is 225 g/mol. The predicted molar refractivity (Wildman–Crippen MR) is 61.1 cm³/mol. The van der Waals surface area contributed by atoms with Crippen LogP contribution in [0, 0.1) is 0 Å². The fourth-order valence-electron chi connectivity index (χ4n) is 1.43. The monoisotopic (exact) mass is 225 g/mol. The number of nitrogens with two attached hydrogens (primary N) is 1. The van der Waals surface area contributed by atoms with Crippen LogP contribution in [0.1, 0.15) is 32.3 Å². The molecule has 0 aliphatic heterocycles. The van der Waals surface area contributed by atoms with Gasteiger partial charge in [0.1, 0.15) is 5.54 Å². The highest BCUT2D eigenvalue weighted by Crippen LogP contribution is 2.10. The van der Waals surface area contributed by atoms with Gasteiger partial charge in [-0.25, -0.2) is 0 Å². The molecule has 1 rings (SSSR count). The van der Waals surface area contributed by atoms with E-state index in [-0.39, 0.29) is 0 Å². The maximum atomic E-state index is 10.8.